The molecule has 0 radical (unpaired) electrons. The van der Waals surface area contributed by atoms with Gasteiger partial charge in [0.25, 0.3) is 5.91 Å². The van der Waals surface area contributed by atoms with Crippen LogP contribution in [0.25, 0.3) is 5.69 Å². The van der Waals surface area contributed by atoms with Crippen molar-refractivity contribution in [3.8, 4) is 5.69 Å². The van der Waals surface area contributed by atoms with Crippen LogP contribution in [0.4, 0.5) is 5.69 Å². The molecule has 1 N–H and O–H groups in total. The summed E-state index contributed by atoms with van der Waals surface area (Å²) in [5, 5.41) is 9.35. The number of aryl methyl sites for hydroxylation is 2. The van der Waals surface area contributed by atoms with E-state index >= 15 is 0 Å². The number of anilines is 1. The van der Waals surface area contributed by atoms with Gasteiger partial charge >= 0.3 is 5.97 Å². The highest BCUT2D eigenvalue weighted by Crippen LogP contribution is 2.27. The number of para-hydroxylation sites is 1. The van der Waals surface area contributed by atoms with Gasteiger partial charge in [-0.15, -0.1) is 11.3 Å². The molecule has 2 aromatic carbocycles. The quantitative estimate of drug-likeness (QED) is 0.264. The minimum Gasteiger partial charge on any atom is -0.452 e. The van der Waals surface area contributed by atoms with Gasteiger partial charge in [0.2, 0.25) is 0 Å². The standard InChI is InChI=1S/C25H24N4O3S2/c1-16-14-33-25(26-16)34-15-19-9-7-8-12-21(19)24(31)32-13-22(30)27-23-17(2)28-29(18(23)3)20-10-5-4-6-11-20/h4-12,14H,13,15H2,1-3H3,(H,27,30). The predicted octanol–water partition coefficient (Wildman–Crippen LogP) is 5.34. The van der Waals surface area contributed by atoms with E-state index in [0.717, 1.165) is 27.0 Å². The van der Waals surface area contributed by atoms with Crippen LogP contribution in [0.3, 0.4) is 0 Å². The molecule has 4 rings (SSSR count). The van der Waals surface area contributed by atoms with Crippen molar-refractivity contribution < 1.29 is 14.3 Å². The Morgan fingerprint density at radius 2 is 1.79 bits per heavy atom. The fraction of sp³-hybridized carbons (Fsp3) is 0.200. The Morgan fingerprint density at radius 3 is 2.53 bits per heavy atom. The lowest BCUT2D eigenvalue weighted by Crippen LogP contribution is -2.22. The molecule has 4 aromatic rings. The number of nitrogens with zero attached hydrogens (tertiary/aromatic N) is 3. The summed E-state index contributed by atoms with van der Waals surface area (Å²) in [6.45, 7) is 5.27. The molecule has 0 aliphatic carbocycles. The number of nitrogens with one attached hydrogen (secondary N) is 1. The number of ether oxygens (including phenoxy) is 1. The van der Waals surface area contributed by atoms with Crippen LogP contribution in [-0.4, -0.2) is 33.2 Å². The first kappa shape index (κ1) is 23.7. The van der Waals surface area contributed by atoms with Crippen LogP contribution >= 0.6 is 23.1 Å². The van der Waals surface area contributed by atoms with Crippen molar-refractivity contribution in [2.45, 2.75) is 30.9 Å². The summed E-state index contributed by atoms with van der Waals surface area (Å²) < 4.78 is 8.05. The lowest BCUT2D eigenvalue weighted by Gasteiger charge is -2.10. The monoisotopic (exact) mass is 492 g/mol. The number of thioether (sulfide) groups is 1. The molecular formula is C25H24N4O3S2. The molecule has 2 aromatic heterocycles. The molecule has 7 nitrogen and oxygen atoms in total. The first-order chi connectivity index (χ1) is 16.4. The number of hydrogen-bond donors (Lipinski definition) is 1. The van der Waals surface area contributed by atoms with E-state index in [9.17, 15) is 9.59 Å². The highest BCUT2D eigenvalue weighted by Gasteiger charge is 2.18. The van der Waals surface area contributed by atoms with Crippen molar-refractivity contribution >= 4 is 40.7 Å². The summed E-state index contributed by atoms with van der Waals surface area (Å²) in [4.78, 5) is 29.7. The zero-order chi connectivity index (χ0) is 24.1. The molecule has 0 unspecified atom stereocenters. The van der Waals surface area contributed by atoms with Crippen molar-refractivity contribution in [3.05, 3.63) is 88.2 Å². The van der Waals surface area contributed by atoms with Crippen LogP contribution in [0.5, 0.6) is 0 Å². The van der Waals surface area contributed by atoms with Gasteiger partial charge < -0.3 is 10.1 Å². The fourth-order valence-electron chi connectivity index (χ4n) is 3.41. The highest BCUT2D eigenvalue weighted by molar-refractivity contribution is 8.00. The normalized spacial score (nSPS) is 10.8. The molecule has 0 saturated carbocycles. The largest absolute Gasteiger partial charge is 0.452 e. The third-order valence-corrected chi connectivity index (χ3v) is 7.26. The van der Waals surface area contributed by atoms with Crippen molar-refractivity contribution in [2.75, 3.05) is 11.9 Å². The number of esters is 1. The molecule has 9 heteroatoms. The molecule has 1 amide bonds. The molecule has 0 atom stereocenters. The van der Waals surface area contributed by atoms with Crippen molar-refractivity contribution in [2.24, 2.45) is 0 Å². The first-order valence-electron chi connectivity index (χ1n) is 10.6. The highest BCUT2D eigenvalue weighted by atomic mass is 32.2. The van der Waals surface area contributed by atoms with Gasteiger partial charge in [-0.1, -0.05) is 48.2 Å². The molecular weight excluding hydrogens is 468 g/mol. The van der Waals surface area contributed by atoms with Crippen molar-refractivity contribution in [1.29, 1.82) is 0 Å². The summed E-state index contributed by atoms with van der Waals surface area (Å²) in [6.07, 6.45) is 0. The van der Waals surface area contributed by atoms with Gasteiger partial charge in [-0.2, -0.15) is 5.10 Å². The van der Waals surface area contributed by atoms with E-state index in [2.05, 4.69) is 15.4 Å². The number of benzene rings is 2. The molecule has 174 valence electrons. The average Bonchev–Trinajstić information content (AvgIpc) is 3.39. The second kappa shape index (κ2) is 10.7. The average molecular weight is 493 g/mol. The molecule has 0 bridgehead atoms. The summed E-state index contributed by atoms with van der Waals surface area (Å²) in [7, 11) is 0. The number of carbonyl (C=O) groups is 2. The van der Waals surface area contributed by atoms with Crippen LogP contribution in [0, 0.1) is 20.8 Å². The number of hydrogen-bond acceptors (Lipinski definition) is 7. The van der Waals surface area contributed by atoms with E-state index < -0.39 is 11.9 Å². The van der Waals surface area contributed by atoms with E-state index in [4.69, 9.17) is 4.74 Å². The Labute approximate surface area is 206 Å². The van der Waals surface area contributed by atoms with Crippen LogP contribution in [0.15, 0.2) is 64.3 Å². The number of carbonyl (C=O) groups excluding carboxylic acids is 2. The Kier molecular flexibility index (Phi) is 7.44. The number of aromatic nitrogens is 3. The van der Waals surface area contributed by atoms with Gasteiger partial charge in [-0.3, -0.25) is 4.79 Å². The summed E-state index contributed by atoms with van der Waals surface area (Å²) >= 11 is 3.14. The SMILES string of the molecule is Cc1csc(SCc2ccccc2C(=O)OCC(=O)Nc2c(C)nn(-c3ccccc3)c2C)n1. The second-order valence-electron chi connectivity index (χ2n) is 7.62. The second-order valence-corrected chi connectivity index (χ2v) is 9.70. The van der Waals surface area contributed by atoms with E-state index in [1.54, 1.807) is 39.9 Å². The Balaban J connectivity index is 1.38. The van der Waals surface area contributed by atoms with Crippen LogP contribution < -0.4 is 5.32 Å². The van der Waals surface area contributed by atoms with Crippen LogP contribution in [0.1, 0.15) is 33.0 Å². The van der Waals surface area contributed by atoms with E-state index in [1.807, 2.05) is 68.6 Å². The first-order valence-corrected chi connectivity index (χ1v) is 12.5. The van der Waals surface area contributed by atoms with Gasteiger partial charge in [0.15, 0.2) is 6.61 Å². The zero-order valence-corrected chi connectivity index (χ0v) is 20.7. The van der Waals surface area contributed by atoms with Gasteiger partial charge in [-0.25, -0.2) is 14.5 Å². The Hall–Kier alpha value is -3.43. The fourth-order valence-corrected chi connectivity index (χ4v) is 5.27. The lowest BCUT2D eigenvalue weighted by atomic mass is 10.1. The summed E-state index contributed by atoms with van der Waals surface area (Å²) in [5.41, 5.74) is 5.25. The van der Waals surface area contributed by atoms with Gasteiger partial charge in [0.1, 0.15) is 4.34 Å². The van der Waals surface area contributed by atoms with Crippen LogP contribution in [-0.2, 0) is 15.3 Å². The Morgan fingerprint density at radius 1 is 1.06 bits per heavy atom. The molecule has 0 spiro atoms. The topological polar surface area (TPSA) is 86.1 Å². The molecule has 34 heavy (non-hydrogen) atoms. The maximum absolute atomic E-state index is 12.7. The maximum atomic E-state index is 12.7. The molecule has 2 heterocycles. The number of rotatable bonds is 8. The van der Waals surface area contributed by atoms with Crippen molar-refractivity contribution in [1.82, 2.24) is 14.8 Å². The van der Waals surface area contributed by atoms with Gasteiger partial charge in [0.05, 0.1) is 28.3 Å². The van der Waals surface area contributed by atoms with Gasteiger partial charge in [-0.05, 0) is 44.5 Å². The minimum absolute atomic E-state index is 0.388. The van der Waals surface area contributed by atoms with E-state index in [0.29, 0.717) is 22.7 Å². The smallest absolute Gasteiger partial charge is 0.338 e. The third-order valence-electron chi connectivity index (χ3n) is 5.08. The lowest BCUT2D eigenvalue weighted by molar-refractivity contribution is -0.119. The molecule has 0 saturated heterocycles. The summed E-state index contributed by atoms with van der Waals surface area (Å²) in [6, 6.07) is 16.9. The predicted molar refractivity (Wildman–Crippen MR) is 135 cm³/mol. The minimum atomic E-state index is -0.532. The molecule has 0 aliphatic rings. The zero-order valence-electron chi connectivity index (χ0n) is 19.1. The number of thiazole rings is 1. The Bertz CT molecular complexity index is 1310. The molecule has 0 fully saturated rings. The maximum Gasteiger partial charge on any atom is 0.338 e. The van der Waals surface area contributed by atoms with Crippen LogP contribution in [0.2, 0.25) is 0 Å². The van der Waals surface area contributed by atoms with E-state index in [-0.39, 0.29) is 6.61 Å². The van der Waals surface area contributed by atoms with Gasteiger partial charge in [0, 0.05) is 16.8 Å². The van der Waals surface area contributed by atoms with Crippen molar-refractivity contribution in [3.63, 3.8) is 0 Å². The van der Waals surface area contributed by atoms with E-state index in [1.165, 1.54) is 0 Å². The summed E-state index contributed by atoms with van der Waals surface area (Å²) in [5.74, 6) is -0.367. The number of amides is 1. The third kappa shape index (κ3) is 5.55. The molecule has 0 aliphatic heterocycles.